The Bertz CT molecular complexity index is 469. The lowest BCUT2D eigenvalue weighted by molar-refractivity contribution is -0.149. The van der Waals surface area contributed by atoms with E-state index in [0.29, 0.717) is 5.57 Å². The van der Waals surface area contributed by atoms with Gasteiger partial charge in [-0.25, -0.2) is 0 Å². The van der Waals surface area contributed by atoms with Crippen LogP contribution in [-0.2, 0) is 9.53 Å². The maximum atomic E-state index is 11.8. The summed E-state index contributed by atoms with van der Waals surface area (Å²) in [5.41, 5.74) is 0.163. The molecular formula is C15H20O4. The highest BCUT2D eigenvalue weighted by atomic mass is 16.6. The van der Waals surface area contributed by atoms with E-state index < -0.39 is 17.6 Å². The fourth-order valence-corrected chi connectivity index (χ4v) is 3.86. The van der Waals surface area contributed by atoms with Crippen molar-refractivity contribution in [2.45, 2.75) is 38.6 Å². The molecule has 0 spiro atoms. The van der Waals surface area contributed by atoms with Crippen molar-refractivity contribution >= 4 is 5.97 Å². The van der Waals surface area contributed by atoms with Gasteiger partial charge in [0.25, 0.3) is 0 Å². The molecule has 1 saturated carbocycles. The molecule has 2 aliphatic carbocycles. The first-order valence-corrected chi connectivity index (χ1v) is 6.81. The van der Waals surface area contributed by atoms with Crippen molar-refractivity contribution in [3.05, 3.63) is 24.3 Å². The minimum absolute atomic E-state index is 0.0137. The molecule has 2 N–H and O–H groups in total. The summed E-state index contributed by atoms with van der Waals surface area (Å²) in [5, 5.41) is 20.3. The van der Waals surface area contributed by atoms with Crippen LogP contribution in [0.3, 0.4) is 0 Å². The maximum Gasteiger partial charge on any atom is 0.309 e. The number of hydrogen-bond donors (Lipinski definition) is 2. The lowest BCUT2D eigenvalue weighted by Crippen LogP contribution is -2.54. The summed E-state index contributed by atoms with van der Waals surface area (Å²) in [5.74, 6) is -0.573. The number of ether oxygens (including phenoxy) is 1. The molecule has 4 heteroatoms. The van der Waals surface area contributed by atoms with E-state index in [1.165, 1.54) is 0 Å². The summed E-state index contributed by atoms with van der Waals surface area (Å²) >= 11 is 0. The highest BCUT2D eigenvalue weighted by molar-refractivity contribution is 5.75. The number of aliphatic hydroxyl groups is 2. The van der Waals surface area contributed by atoms with Crippen LogP contribution in [0.2, 0.25) is 0 Å². The molecule has 7 atom stereocenters. The van der Waals surface area contributed by atoms with Crippen molar-refractivity contribution in [3.8, 4) is 0 Å². The molecule has 0 unspecified atom stereocenters. The summed E-state index contributed by atoms with van der Waals surface area (Å²) in [4.78, 5) is 11.8. The minimum atomic E-state index is -0.727. The van der Waals surface area contributed by atoms with Crippen molar-refractivity contribution in [3.63, 3.8) is 0 Å². The SMILES string of the molecule is C=C1[C@H](O)C[C@H](O)[C@]2(C)C=C[C@@H]3[C@H](OC(=O)[C@H]3C)[C@@H]12. The molecule has 0 aromatic heterocycles. The Kier molecular flexibility index (Phi) is 2.67. The molecule has 1 heterocycles. The average Bonchev–Trinajstić information content (AvgIpc) is 2.63. The van der Waals surface area contributed by atoms with Gasteiger partial charge >= 0.3 is 5.97 Å². The first kappa shape index (κ1) is 12.9. The number of carbonyl (C=O) groups excluding carboxylic acids is 1. The third kappa shape index (κ3) is 1.56. The average molecular weight is 264 g/mol. The topological polar surface area (TPSA) is 66.8 Å². The Morgan fingerprint density at radius 2 is 2.16 bits per heavy atom. The number of carbonyl (C=O) groups is 1. The number of hydrogen-bond acceptors (Lipinski definition) is 4. The van der Waals surface area contributed by atoms with Crippen LogP contribution < -0.4 is 0 Å². The number of fused-ring (bicyclic) bond motifs is 3. The molecule has 0 amide bonds. The molecule has 0 aromatic carbocycles. The van der Waals surface area contributed by atoms with E-state index in [-0.39, 0.29) is 36.2 Å². The number of rotatable bonds is 0. The Hall–Kier alpha value is -1.13. The second-order valence-corrected chi connectivity index (χ2v) is 6.31. The standard InChI is InChI=1S/C15H20O4/c1-7-9-4-5-15(3)11(17)6-10(16)8(2)12(15)13(9)19-14(7)18/h4-5,7,9-13,16-17H,2,6H2,1,3H3/t7-,9-,10+,11-,12+,13-,15-/m0/s1. The molecule has 0 radical (unpaired) electrons. The first-order valence-electron chi connectivity index (χ1n) is 6.81. The van der Waals surface area contributed by atoms with Crippen molar-refractivity contribution in [2.75, 3.05) is 0 Å². The Morgan fingerprint density at radius 3 is 2.84 bits per heavy atom. The maximum absolute atomic E-state index is 11.8. The van der Waals surface area contributed by atoms with E-state index in [0.717, 1.165) is 0 Å². The monoisotopic (exact) mass is 264 g/mol. The zero-order valence-electron chi connectivity index (χ0n) is 11.2. The quantitative estimate of drug-likeness (QED) is 0.507. The highest BCUT2D eigenvalue weighted by Crippen LogP contribution is 2.54. The van der Waals surface area contributed by atoms with Gasteiger partial charge in [0, 0.05) is 23.7 Å². The van der Waals surface area contributed by atoms with Gasteiger partial charge in [-0.15, -0.1) is 0 Å². The fraction of sp³-hybridized carbons (Fsp3) is 0.667. The second kappa shape index (κ2) is 3.93. The van der Waals surface area contributed by atoms with Gasteiger partial charge in [0.1, 0.15) is 6.10 Å². The number of aliphatic hydroxyl groups excluding tert-OH is 2. The summed E-state index contributed by atoms with van der Waals surface area (Å²) in [6.45, 7) is 7.79. The molecule has 1 aliphatic heterocycles. The van der Waals surface area contributed by atoms with Gasteiger partial charge in [-0.3, -0.25) is 4.79 Å². The Labute approximate surface area is 112 Å². The molecule has 19 heavy (non-hydrogen) atoms. The van der Waals surface area contributed by atoms with Gasteiger partial charge in [0.15, 0.2) is 0 Å². The lowest BCUT2D eigenvalue weighted by Gasteiger charge is -2.51. The van der Waals surface area contributed by atoms with Crippen LogP contribution in [0.1, 0.15) is 20.3 Å². The van der Waals surface area contributed by atoms with E-state index >= 15 is 0 Å². The zero-order chi connectivity index (χ0) is 13.9. The van der Waals surface area contributed by atoms with Gasteiger partial charge in [0.05, 0.1) is 18.1 Å². The molecule has 4 nitrogen and oxygen atoms in total. The van der Waals surface area contributed by atoms with E-state index in [9.17, 15) is 15.0 Å². The summed E-state index contributed by atoms with van der Waals surface area (Å²) in [7, 11) is 0. The Balaban J connectivity index is 2.06. The summed E-state index contributed by atoms with van der Waals surface area (Å²) < 4.78 is 5.51. The summed E-state index contributed by atoms with van der Waals surface area (Å²) in [6.07, 6.45) is 2.58. The van der Waals surface area contributed by atoms with Crippen molar-refractivity contribution in [2.24, 2.45) is 23.2 Å². The molecule has 2 fully saturated rings. The normalized spacial score (nSPS) is 52.6. The van der Waals surface area contributed by atoms with Crippen molar-refractivity contribution < 1.29 is 19.7 Å². The van der Waals surface area contributed by atoms with Crippen LogP contribution in [0, 0.1) is 23.2 Å². The van der Waals surface area contributed by atoms with Crippen molar-refractivity contribution in [1.29, 1.82) is 0 Å². The van der Waals surface area contributed by atoms with Gasteiger partial charge < -0.3 is 14.9 Å². The zero-order valence-corrected chi connectivity index (χ0v) is 11.2. The van der Waals surface area contributed by atoms with E-state index in [1.54, 1.807) is 0 Å². The molecule has 0 bridgehead atoms. The van der Waals surface area contributed by atoms with Crippen LogP contribution in [0.4, 0.5) is 0 Å². The smallest absolute Gasteiger partial charge is 0.309 e. The van der Waals surface area contributed by atoms with E-state index in [4.69, 9.17) is 4.74 Å². The van der Waals surface area contributed by atoms with Crippen LogP contribution in [0.5, 0.6) is 0 Å². The number of esters is 1. The molecule has 3 aliphatic rings. The Morgan fingerprint density at radius 1 is 1.47 bits per heavy atom. The van der Waals surface area contributed by atoms with Gasteiger partial charge in [0.2, 0.25) is 0 Å². The molecule has 104 valence electrons. The molecule has 3 rings (SSSR count). The lowest BCUT2D eigenvalue weighted by atomic mass is 9.56. The molecule has 1 saturated heterocycles. The fourth-order valence-electron chi connectivity index (χ4n) is 3.86. The second-order valence-electron chi connectivity index (χ2n) is 6.31. The minimum Gasteiger partial charge on any atom is -0.461 e. The first-order chi connectivity index (χ1) is 8.86. The molecule has 0 aromatic rings. The predicted molar refractivity (Wildman–Crippen MR) is 69.0 cm³/mol. The van der Waals surface area contributed by atoms with Crippen LogP contribution in [-0.4, -0.2) is 34.5 Å². The van der Waals surface area contributed by atoms with E-state index in [1.807, 2.05) is 26.0 Å². The van der Waals surface area contributed by atoms with Gasteiger partial charge in [-0.2, -0.15) is 0 Å². The molecular weight excluding hydrogens is 244 g/mol. The van der Waals surface area contributed by atoms with Gasteiger partial charge in [-0.1, -0.05) is 32.6 Å². The highest BCUT2D eigenvalue weighted by Gasteiger charge is 2.58. The van der Waals surface area contributed by atoms with Crippen LogP contribution >= 0.6 is 0 Å². The van der Waals surface area contributed by atoms with Gasteiger partial charge in [-0.05, 0) is 5.57 Å². The van der Waals surface area contributed by atoms with Crippen LogP contribution in [0.15, 0.2) is 24.3 Å². The summed E-state index contributed by atoms with van der Waals surface area (Å²) in [6, 6.07) is 0. The third-order valence-corrected chi connectivity index (χ3v) is 5.25. The van der Waals surface area contributed by atoms with Crippen LogP contribution in [0.25, 0.3) is 0 Å². The predicted octanol–water partition coefficient (Wildman–Crippen LogP) is 1.04. The van der Waals surface area contributed by atoms with E-state index in [2.05, 4.69) is 6.58 Å². The largest absolute Gasteiger partial charge is 0.461 e. The van der Waals surface area contributed by atoms with Crippen molar-refractivity contribution in [1.82, 2.24) is 0 Å². The third-order valence-electron chi connectivity index (χ3n) is 5.25.